The number of amides is 3. The Bertz CT molecular complexity index is 1400. The van der Waals surface area contributed by atoms with E-state index in [9.17, 15) is 19.2 Å². The van der Waals surface area contributed by atoms with Crippen LogP contribution in [0, 0.1) is 6.92 Å². The highest BCUT2D eigenvalue weighted by Gasteiger charge is 2.31. The Morgan fingerprint density at radius 3 is 2.44 bits per heavy atom. The van der Waals surface area contributed by atoms with Crippen LogP contribution in [0.15, 0.2) is 59.4 Å². The number of piperazine rings is 1. The van der Waals surface area contributed by atoms with Crippen LogP contribution in [0.2, 0.25) is 0 Å². The van der Waals surface area contributed by atoms with Gasteiger partial charge in [-0.1, -0.05) is 49.7 Å². The summed E-state index contributed by atoms with van der Waals surface area (Å²) in [6.07, 6.45) is 1.61. The van der Waals surface area contributed by atoms with Gasteiger partial charge in [-0.15, -0.1) is 0 Å². The standard InChI is InChI=1S/C31H38N4O6/c1-3-4-17-41-31(39)35-15-13-34(14-16-35)30(38)25(12-18-40-21-23-8-6-5-7-9-23)33-29(37)27-20-28(36)24-11-10-22(2)19-26(24)32-27/h5-11,19-20,25H,3-4,12-18,21H2,1-2H3,(H,32,36)(H,33,37). The third-order valence-electron chi connectivity index (χ3n) is 7.07. The number of pyridine rings is 1. The lowest BCUT2D eigenvalue weighted by atomic mass is 10.1. The van der Waals surface area contributed by atoms with Gasteiger partial charge in [0.05, 0.1) is 18.7 Å². The van der Waals surface area contributed by atoms with Crippen molar-refractivity contribution < 1.29 is 23.9 Å². The van der Waals surface area contributed by atoms with Crippen molar-refractivity contribution in [1.29, 1.82) is 0 Å². The van der Waals surface area contributed by atoms with Gasteiger partial charge in [-0.3, -0.25) is 14.4 Å². The summed E-state index contributed by atoms with van der Waals surface area (Å²) in [7, 11) is 0. The maximum atomic E-state index is 13.6. The van der Waals surface area contributed by atoms with Crippen molar-refractivity contribution in [2.24, 2.45) is 0 Å². The molecule has 41 heavy (non-hydrogen) atoms. The van der Waals surface area contributed by atoms with Gasteiger partial charge in [0.1, 0.15) is 11.7 Å². The summed E-state index contributed by atoms with van der Waals surface area (Å²) >= 11 is 0. The lowest BCUT2D eigenvalue weighted by molar-refractivity contribution is -0.135. The largest absolute Gasteiger partial charge is 0.449 e. The molecule has 4 rings (SSSR count). The number of H-pyrrole nitrogens is 1. The summed E-state index contributed by atoms with van der Waals surface area (Å²) < 4.78 is 11.1. The Balaban J connectivity index is 1.42. The van der Waals surface area contributed by atoms with Crippen molar-refractivity contribution >= 4 is 28.8 Å². The summed E-state index contributed by atoms with van der Waals surface area (Å²) in [4.78, 5) is 58.1. The number of carbonyl (C=O) groups excluding carboxylic acids is 3. The van der Waals surface area contributed by atoms with Crippen molar-refractivity contribution in [3.8, 4) is 0 Å². The first-order valence-corrected chi connectivity index (χ1v) is 14.1. The van der Waals surface area contributed by atoms with E-state index in [1.807, 2.05) is 50.2 Å². The van der Waals surface area contributed by atoms with E-state index in [4.69, 9.17) is 9.47 Å². The molecule has 0 saturated carbocycles. The number of unbranched alkanes of at least 4 members (excludes halogenated alkanes) is 1. The Morgan fingerprint density at radius 1 is 0.976 bits per heavy atom. The average molecular weight is 563 g/mol. The van der Waals surface area contributed by atoms with Crippen molar-refractivity contribution in [3.05, 3.63) is 81.6 Å². The van der Waals surface area contributed by atoms with E-state index in [0.29, 0.717) is 50.3 Å². The molecule has 3 amide bonds. The number of benzene rings is 2. The lowest BCUT2D eigenvalue weighted by Crippen LogP contribution is -2.56. The third-order valence-corrected chi connectivity index (χ3v) is 7.07. The summed E-state index contributed by atoms with van der Waals surface area (Å²) in [5.41, 5.74) is 2.31. The number of nitrogens with one attached hydrogen (secondary N) is 2. The van der Waals surface area contributed by atoms with Crippen molar-refractivity contribution in [2.45, 2.75) is 45.8 Å². The van der Waals surface area contributed by atoms with Crippen LogP contribution in [0.3, 0.4) is 0 Å². The van der Waals surface area contributed by atoms with E-state index >= 15 is 0 Å². The molecular weight excluding hydrogens is 524 g/mol. The van der Waals surface area contributed by atoms with Gasteiger partial charge in [-0.2, -0.15) is 0 Å². The summed E-state index contributed by atoms with van der Waals surface area (Å²) in [6, 6.07) is 15.4. The van der Waals surface area contributed by atoms with E-state index in [2.05, 4.69) is 10.3 Å². The SMILES string of the molecule is CCCCOC(=O)N1CCN(C(=O)C(CCOCc2ccccc2)NC(=O)c2cc(=O)c3ccc(C)cc3[nH]2)CC1. The monoisotopic (exact) mass is 562 g/mol. The van der Waals surface area contributed by atoms with Crippen LogP contribution in [0.1, 0.15) is 47.8 Å². The number of aromatic nitrogens is 1. The zero-order valence-corrected chi connectivity index (χ0v) is 23.7. The van der Waals surface area contributed by atoms with Crippen molar-refractivity contribution in [3.63, 3.8) is 0 Å². The molecule has 1 saturated heterocycles. The molecule has 0 aliphatic carbocycles. The maximum absolute atomic E-state index is 13.6. The van der Waals surface area contributed by atoms with Crippen LogP contribution >= 0.6 is 0 Å². The number of aromatic amines is 1. The maximum Gasteiger partial charge on any atom is 0.409 e. The Morgan fingerprint density at radius 2 is 1.71 bits per heavy atom. The molecule has 0 spiro atoms. The minimum atomic E-state index is -0.877. The van der Waals surface area contributed by atoms with E-state index in [1.165, 1.54) is 6.07 Å². The van der Waals surface area contributed by atoms with Gasteiger partial charge in [-0.05, 0) is 43.0 Å². The first kappa shape index (κ1) is 29.8. The molecule has 218 valence electrons. The number of hydrogen-bond acceptors (Lipinski definition) is 6. The average Bonchev–Trinajstić information content (AvgIpc) is 2.98. The van der Waals surface area contributed by atoms with Gasteiger partial charge in [-0.25, -0.2) is 4.79 Å². The molecule has 10 heteroatoms. The van der Waals surface area contributed by atoms with Gasteiger partial charge < -0.3 is 29.6 Å². The van der Waals surface area contributed by atoms with Crippen LogP contribution < -0.4 is 10.7 Å². The van der Waals surface area contributed by atoms with Crippen LogP contribution in [-0.2, 0) is 20.9 Å². The fraction of sp³-hybridized carbons (Fsp3) is 0.419. The number of fused-ring (bicyclic) bond motifs is 1. The first-order valence-electron chi connectivity index (χ1n) is 14.1. The van der Waals surface area contributed by atoms with Crippen LogP contribution in [0.25, 0.3) is 10.9 Å². The minimum absolute atomic E-state index is 0.0794. The summed E-state index contributed by atoms with van der Waals surface area (Å²) in [5.74, 6) is -0.815. The molecule has 2 aromatic carbocycles. The van der Waals surface area contributed by atoms with Gasteiger partial charge in [0.25, 0.3) is 5.91 Å². The normalized spacial score (nSPS) is 14.1. The molecule has 0 radical (unpaired) electrons. The molecule has 3 aromatic rings. The third kappa shape index (κ3) is 8.17. The van der Waals surface area contributed by atoms with Crippen LogP contribution in [0.4, 0.5) is 4.79 Å². The molecular formula is C31H38N4O6. The fourth-order valence-electron chi connectivity index (χ4n) is 4.67. The fourth-order valence-corrected chi connectivity index (χ4v) is 4.67. The highest BCUT2D eigenvalue weighted by atomic mass is 16.6. The molecule has 1 aromatic heterocycles. The zero-order chi connectivity index (χ0) is 29.2. The highest BCUT2D eigenvalue weighted by molar-refractivity contribution is 5.97. The van der Waals surface area contributed by atoms with E-state index < -0.39 is 11.9 Å². The highest BCUT2D eigenvalue weighted by Crippen LogP contribution is 2.13. The zero-order valence-electron chi connectivity index (χ0n) is 23.7. The first-order chi connectivity index (χ1) is 19.9. The molecule has 1 aliphatic heterocycles. The van der Waals surface area contributed by atoms with Gasteiger partial charge in [0.2, 0.25) is 5.91 Å². The molecule has 2 heterocycles. The summed E-state index contributed by atoms with van der Waals surface area (Å²) in [6.45, 7) is 6.27. The second-order valence-electron chi connectivity index (χ2n) is 10.2. The number of hydrogen-bond donors (Lipinski definition) is 2. The Hall–Kier alpha value is -4.18. The van der Waals surface area contributed by atoms with Gasteiger partial charge >= 0.3 is 6.09 Å². The Labute approximate surface area is 239 Å². The van der Waals surface area contributed by atoms with Crippen molar-refractivity contribution in [1.82, 2.24) is 20.1 Å². The molecule has 1 unspecified atom stereocenters. The van der Waals surface area contributed by atoms with Crippen LogP contribution in [-0.4, -0.2) is 78.1 Å². The molecule has 10 nitrogen and oxygen atoms in total. The Kier molecular flexibility index (Phi) is 10.5. The number of ether oxygens (including phenoxy) is 2. The molecule has 2 N–H and O–H groups in total. The van der Waals surface area contributed by atoms with Crippen LogP contribution in [0.5, 0.6) is 0 Å². The number of carbonyl (C=O) groups is 3. The lowest BCUT2D eigenvalue weighted by Gasteiger charge is -2.36. The van der Waals surface area contributed by atoms with Crippen molar-refractivity contribution in [2.75, 3.05) is 39.4 Å². The second kappa shape index (κ2) is 14.5. The van der Waals surface area contributed by atoms with E-state index in [-0.39, 0.29) is 36.2 Å². The number of aryl methyl sites for hydroxylation is 1. The second-order valence-corrected chi connectivity index (χ2v) is 10.2. The molecule has 0 bridgehead atoms. The molecule has 1 atom stereocenters. The number of rotatable bonds is 11. The van der Waals surface area contributed by atoms with E-state index in [1.54, 1.807) is 21.9 Å². The molecule has 1 aliphatic rings. The topological polar surface area (TPSA) is 121 Å². The predicted molar refractivity (Wildman–Crippen MR) is 156 cm³/mol. The minimum Gasteiger partial charge on any atom is -0.449 e. The van der Waals surface area contributed by atoms with E-state index in [0.717, 1.165) is 24.0 Å². The number of nitrogens with zero attached hydrogens (tertiary/aromatic N) is 2. The molecule has 1 fully saturated rings. The summed E-state index contributed by atoms with van der Waals surface area (Å²) in [5, 5.41) is 3.30. The van der Waals surface area contributed by atoms with Gasteiger partial charge in [0, 0.05) is 44.2 Å². The quantitative estimate of drug-likeness (QED) is 0.345. The smallest absolute Gasteiger partial charge is 0.409 e. The predicted octanol–water partition coefficient (Wildman–Crippen LogP) is 3.62. The van der Waals surface area contributed by atoms with Gasteiger partial charge in [0.15, 0.2) is 5.43 Å².